The van der Waals surface area contributed by atoms with Crippen molar-refractivity contribution in [3.05, 3.63) is 30.3 Å². The summed E-state index contributed by atoms with van der Waals surface area (Å²) in [6, 6.07) is 8.31. The fourth-order valence-corrected chi connectivity index (χ4v) is 3.35. The minimum absolute atomic E-state index is 0.282. The molecule has 0 spiro atoms. The molecule has 1 atom stereocenters. The Kier molecular flexibility index (Phi) is 6.84. The van der Waals surface area contributed by atoms with Gasteiger partial charge in [-0.15, -0.1) is 0 Å². The Balaban J connectivity index is 2.47. The third kappa shape index (κ3) is 5.13. The highest BCUT2D eigenvalue weighted by atomic mass is 32.2. The lowest BCUT2D eigenvalue weighted by atomic mass is 10.00. The van der Waals surface area contributed by atoms with E-state index in [4.69, 9.17) is 5.11 Å². The second kappa shape index (κ2) is 8.14. The summed E-state index contributed by atoms with van der Waals surface area (Å²) >= 11 is 0. The quantitative estimate of drug-likeness (QED) is 0.711. The second-order valence-corrected chi connectivity index (χ2v) is 7.12. The van der Waals surface area contributed by atoms with Crippen LogP contribution in [0.15, 0.2) is 35.2 Å². The molecule has 1 N–H and O–H groups in total. The third-order valence-corrected chi connectivity index (χ3v) is 5.44. The molecule has 0 aliphatic heterocycles. The van der Waals surface area contributed by atoms with Gasteiger partial charge in [0, 0.05) is 13.6 Å². The predicted molar refractivity (Wildman–Crippen MR) is 81.5 cm³/mol. The lowest BCUT2D eigenvalue weighted by Crippen LogP contribution is -2.28. The van der Waals surface area contributed by atoms with Gasteiger partial charge in [-0.05, 0) is 31.4 Å². The minimum Gasteiger partial charge on any atom is -0.481 e. The van der Waals surface area contributed by atoms with Gasteiger partial charge < -0.3 is 5.11 Å². The number of unbranched alkanes of at least 4 members (excludes halogenated alkanes) is 1. The molecule has 0 aliphatic rings. The number of carboxylic acids is 1. The number of hydrogen-bond acceptors (Lipinski definition) is 3. The van der Waals surface area contributed by atoms with Crippen LogP contribution < -0.4 is 0 Å². The summed E-state index contributed by atoms with van der Waals surface area (Å²) in [5, 5.41) is 8.95. The highest BCUT2D eigenvalue weighted by Crippen LogP contribution is 2.16. The average Bonchev–Trinajstić information content (AvgIpc) is 2.47. The molecular weight excluding hydrogens is 290 g/mol. The molecule has 0 aliphatic carbocycles. The average molecular weight is 313 g/mol. The summed E-state index contributed by atoms with van der Waals surface area (Å²) in [6.07, 6.45) is 2.56. The van der Waals surface area contributed by atoms with Crippen LogP contribution in [-0.2, 0) is 14.8 Å². The van der Waals surface area contributed by atoms with E-state index in [1.54, 1.807) is 37.4 Å². The zero-order valence-electron chi connectivity index (χ0n) is 12.5. The Labute approximate surface area is 126 Å². The summed E-state index contributed by atoms with van der Waals surface area (Å²) in [7, 11) is -1.89. The number of nitrogens with zero attached hydrogens (tertiary/aromatic N) is 1. The predicted octanol–water partition coefficient (Wildman–Crippen LogP) is 2.59. The van der Waals surface area contributed by atoms with Gasteiger partial charge in [-0.1, -0.05) is 31.5 Å². The number of benzene rings is 1. The monoisotopic (exact) mass is 313 g/mol. The molecule has 0 heterocycles. The van der Waals surface area contributed by atoms with Gasteiger partial charge in [0.1, 0.15) is 0 Å². The van der Waals surface area contributed by atoms with E-state index in [1.807, 2.05) is 6.92 Å². The molecule has 0 amide bonds. The van der Waals surface area contributed by atoms with Crippen molar-refractivity contribution in [2.45, 2.75) is 37.5 Å². The van der Waals surface area contributed by atoms with E-state index in [0.29, 0.717) is 32.2 Å². The van der Waals surface area contributed by atoms with Crippen LogP contribution in [0.2, 0.25) is 0 Å². The Morgan fingerprint density at radius 1 is 1.24 bits per heavy atom. The van der Waals surface area contributed by atoms with E-state index in [9.17, 15) is 13.2 Å². The molecule has 0 aromatic heterocycles. The summed E-state index contributed by atoms with van der Waals surface area (Å²) in [5.74, 6) is -1.11. The molecule has 1 unspecified atom stereocenters. The zero-order valence-corrected chi connectivity index (χ0v) is 13.3. The maximum Gasteiger partial charge on any atom is 0.306 e. The van der Waals surface area contributed by atoms with E-state index in [1.165, 1.54) is 4.31 Å². The van der Waals surface area contributed by atoms with Crippen molar-refractivity contribution in [2.24, 2.45) is 5.92 Å². The number of hydrogen-bond donors (Lipinski definition) is 1. The molecule has 1 aromatic carbocycles. The molecule has 0 radical (unpaired) electrons. The highest BCUT2D eigenvalue weighted by molar-refractivity contribution is 7.89. The molecule has 0 fully saturated rings. The van der Waals surface area contributed by atoms with Crippen LogP contribution >= 0.6 is 0 Å². The van der Waals surface area contributed by atoms with Crippen molar-refractivity contribution in [3.8, 4) is 0 Å². The third-order valence-electron chi connectivity index (χ3n) is 3.57. The number of sulfonamides is 1. The maximum atomic E-state index is 12.3. The van der Waals surface area contributed by atoms with E-state index < -0.39 is 16.0 Å². The van der Waals surface area contributed by atoms with Gasteiger partial charge in [0.2, 0.25) is 10.0 Å². The number of aliphatic carboxylic acids is 1. The summed E-state index contributed by atoms with van der Waals surface area (Å²) in [4.78, 5) is 11.2. The van der Waals surface area contributed by atoms with Crippen LogP contribution in [0.4, 0.5) is 0 Å². The van der Waals surface area contributed by atoms with Gasteiger partial charge >= 0.3 is 5.97 Å². The molecule has 6 heteroatoms. The first-order chi connectivity index (χ1) is 9.89. The SMILES string of the molecule is CCC(CCCCN(C)S(=O)(=O)c1ccccc1)C(=O)O. The van der Waals surface area contributed by atoms with Crippen molar-refractivity contribution in [1.82, 2.24) is 4.31 Å². The van der Waals surface area contributed by atoms with E-state index in [2.05, 4.69) is 0 Å². The molecular formula is C15H23NO4S. The second-order valence-electron chi connectivity index (χ2n) is 5.08. The Hall–Kier alpha value is -1.40. The molecule has 21 heavy (non-hydrogen) atoms. The lowest BCUT2D eigenvalue weighted by molar-refractivity contribution is -0.142. The van der Waals surface area contributed by atoms with Gasteiger partial charge in [-0.3, -0.25) is 4.79 Å². The minimum atomic E-state index is -3.44. The summed E-state index contributed by atoms with van der Waals surface area (Å²) < 4.78 is 25.8. The largest absolute Gasteiger partial charge is 0.481 e. The normalized spacial score (nSPS) is 13.3. The van der Waals surface area contributed by atoms with Crippen LogP contribution in [0.25, 0.3) is 0 Å². The van der Waals surface area contributed by atoms with E-state index >= 15 is 0 Å². The van der Waals surface area contributed by atoms with Crippen molar-refractivity contribution < 1.29 is 18.3 Å². The van der Waals surface area contributed by atoms with Gasteiger partial charge in [0.05, 0.1) is 10.8 Å². The number of carbonyl (C=O) groups is 1. The first kappa shape index (κ1) is 17.7. The Bertz CT molecular complexity index is 542. The summed E-state index contributed by atoms with van der Waals surface area (Å²) in [5.41, 5.74) is 0. The topological polar surface area (TPSA) is 74.7 Å². The molecule has 0 bridgehead atoms. The standard InChI is InChI=1S/C15H23NO4S/c1-3-13(15(17)18)9-7-8-12-16(2)21(19,20)14-10-5-4-6-11-14/h4-6,10-11,13H,3,7-9,12H2,1-2H3,(H,17,18). The van der Waals surface area contributed by atoms with Crippen LogP contribution in [0.3, 0.4) is 0 Å². The van der Waals surface area contributed by atoms with E-state index in [-0.39, 0.29) is 10.8 Å². The smallest absolute Gasteiger partial charge is 0.306 e. The van der Waals surface area contributed by atoms with E-state index in [0.717, 1.165) is 0 Å². The highest BCUT2D eigenvalue weighted by Gasteiger charge is 2.20. The van der Waals surface area contributed by atoms with Crippen LogP contribution in [-0.4, -0.2) is 37.4 Å². The van der Waals surface area contributed by atoms with Gasteiger partial charge in [-0.2, -0.15) is 0 Å². The van der Waals surface area contributed by atoms with Gasteiger partial charge in [0.25, 0.3) is 0 Å². The molecule has 0 saturated carbocycles. The van der Waals surface area contributed by atoms with Gasteiger partial charge in [0.15, 0.2) is 0 Å². The maximum absolute atomic E-state index is 12.3. The number of rotatable bonds is 9. The first-order valence-corrected chi connectivity index (χ1v) is 8.57. The van der Waals surface area contributed by atoms with Crippen LogP contribution in [0.1, 0.15) is 32.6 Å². The van der Waals surface area contributed by atoms with Crippen molar-refractivity contribution in [3.63, 3.8) is 0 Å². The molecule has 1 rings (SSSR count). The molecule has 5 nitrogen and oxygen atoms in total. The van der Waals surface area contributed by atoms with Crippen molar-refractivity contribution >= 4 is 16.0 Å². The first-order valence-electron chi connectivity index (χ1n) is 7.13. The Morgan fingerprint density at radius 3 is 2.38 bits per heavy atom. The summed E-state index contributed by atoms with van der Waals surface area (Å²) in [6.45, 7) is 2.25. The fourth-order valence-electron chi connectivity index (χ4n) is 2.12. The van der Waals surface area contributed by atoms with Crippen molar-refractivity contribution in [1.29, 1.82) is 0 Å². The Morgan fingerprint density at radius 2 is 1.86 bits per heavy atom. The van der Waals surface area contributed by atoms with Crippen molar-refractivity contribution in [2.75, 3.05) is 13.6 Å². The fraction of sp³-hybridized carbons (Fsp3) is 0.533. The lowest BCUT2D eigenvalue weighted by Gasteiger charge is -2.17. The number of carboxylic acid groups (broad SMARTS) is 1. The zero-order chi connectivity index (χ0) is 15.9. The molecule has 118 valence electrons. The molecule has 0 saturated heterocycles. The van der Waals surface area contributed by atoms with Gasteiger partial charge in [-0.25, -0.2) is 12.7 Å². The van der Waals surface area contributed by atoms with Crippen LogP contribution in [0.5, 0.6) is 0 Å². The van der Waals surface area contributed by atoms with Crippen LogP contribution in [0, 0.1) is 5.92 Å². The molecule has 1 aromatic rings.